The van der Waals surface area contributed by atoms with Gasteiger partial charge in [0.15, 0.2) is 0 Å². The van der Waals surface area contributed by atoms with Gasteiger partial charge in [0.2, 0.25) is 11.7 Å². The van der Waals surface area contributed by atoms with Crippen molar-refractivity contribution in [2.45, 2.75) is 0 Å². The summed E-state index contributed by atoms with van der Waals surface area (Å²) in [6.07, 6.45) is 0. The van der Waals surface area contributed by atoms with Crippen LogP contribution in [-0.2, 0) is 0 Å². The predicted octanol–water partition coefficient (Wildman–Crippen LogP) is 3.62. The van der Waals surface area contributed by atoms with Crippen molar-refractivity contribution in [2.75, 3.05) is 0 Å². The van der Waals surface area contributed by atoms with Crippen molar-refractivity contribution >= 4 is 17.4 Å². The summed E-state index contributed by atoms with van der Waals surface area (Å²) < 4.78 is 5.41. The van der Waals surface area contributed by atoms with Crippen LogP contribution in [0.15, 0.2) is 59.0 Å². The highest BCUT2D eigenvalue weighted by molar-refractivity contribution is 6.30. The van der Waals surface area contributed by atoms with Crippen LogP contribution in [0.25, 0.3) is 11.5 Å². The monoisotopic (exact) mass is 284 g/mol. The summed E-state index contributed by atoms with van der Waals surface area (Å²) in [5, 5.41) is 8.29. The number of rotatable bonds is 3. The fourth-order valence-corrected chi connectivity index (χ4v) is 1.86. The second kappa shape index (κ2) is 5.27. The molecule has 0 saturated heterocycles. The molecule has 0 unspecified atom stereocenters. The Morgan fingerprint density at radius 1 is 0.950 bits per heavy atom. The second-order valence-corrected chi connectivity index (χ2v) is 4.55. The van der Waals surface area contributed by atoms with E-state index in [1.807, 2.05) is 6.07 Å². The molecule has 0 radical (unpaired) electrons. The molecule has 0 spiro atoms. The average Bonchev–Trinajstić information content (AvgIpc) is 2.98. The summed E-state index contributed by atoms with van der Waals surface area (Å²) in [5.74, 6) is -0.0274. The highest BCUT2D eigenvalue weighted by Crippen LogP contribution is 2.21. The Kier molecular flexibility index (Phi) is 3.31. The van der Waals surface area contributed by atoms with E-state index in [2.05, 4.69) is 10.2 Å². The van der Waals surface area contributed by atoms with Crippen molar-refractivity contribution in [2.24, 2.45) is 0 Å². The molecule has 1 heterocycles. The molecule has 20 heavy (non-hydrogen) atoms. The molecule has 0 saturated carbocycles. The molecule has 0 aliphatic carbocycles. The van der Waals surface area contributed by atoms with Crippen molar-refractivity contribution in [3.05, 3.63) is 71.1 Å². The zero-order valence-corrected chi connectivity index (χ0v) is 11.0. The summed E-state index contributed by atoms with van der Waals surface area (Å²) >= 11 is 5.81. The molecule has 1 aromatic heterocycles. The number of ketones is 1. The maximum Gasteiger partial charge on any atom is 0.289 e. The molecular weight excluding hydrogens is 276 g/mol. The van der Waals surface area contributed by atoms with Crippen molar-refractivity contribution in [1.29, 1.82) is 0 Å². The van der Waals surface area contributed by atoms with Crippen molar-refractivity contribution < 1.29 is 9.21 Å². The Morgan fingerprint density at radius 2 is 1.65 bits per heavy atom. The summed E-state index contributed by atoms with van der Waals surface area (Å²) in [6.45, 7) is 0. The minimum atomic E-state index is -0.293. The second-order valence-electron chi connectivity index (χ2n) is 4.11. The van der Waals surface area contributed by atoms with E-state index in [0.717, 1.165) is 0 Å². The lowest BCUT2D eigenvalue weighted by Crippen LogP contribution is -2.00. The maximum absolute atomic E-state index is 12.1. The fourth-order valence-electron chi connectivity index (χ4n) is 1.74. The van der Waals surface area contributed by atoms with E-state index < -0.39 is 0 Å². The minimum absolute atomic E-state index is 0.0267. The largest absolute Gasteiger partial charge is 0.413 e. The Bertz CT molecular complexity index is 736. The number of benzene rings is 2. The van der Waals surface area contributed by atoms with Gasteiger partial charge in [-0.1, -0.05) is 41.9 Å². The van der Waals surface area contributed by atoms with Gasteiger partial charge in [-0.15, -0.1) is 10.2 Å². The predicted molar refractivity (Wildman–Crippen MR) is 74.6 cm³/mol. The van der Waals surface area contributed by atoms with Gasteiger partial charge in [0.25, 0.3) is 5.89 Å². The first-order chi connectivity index (χ1) is 9.74. The summed E-state index contributed by atoms with van der Waals surface area (Å²) in [5.41, 5.74) is 1.23. The van der Waals surface area contributed by atoms with Crippen LogP contribution in [-0.4, -0.2) is 16.0 Å². The Labute approximate surface area is 120 Å². The van der Waals surface area contributed by atoms with Gasteiger partial charge in [-0.05, 0) is 24.3 Å². The number of aromatic nitrogens is 2. The first-order valence-corrected chi connectivity index (χ1v) is 6.31. The van der Waals surface area contributed by atoms with E-state index >= 15 is 0 Å². The van der Waals surface area contributed by atoms with E-state index in [0.29, 0.717) is 22.0 Å². The van der Waals surface area contributed by atoms with Gasteiger partial charge >= 0.3 is 0 Å². The lowest BCUT2D eigenvalue weighted by atomic mass is 10.1. The molecule has 0 aliphatic rings. The van der Waals surface area contributed by atoms with Crippen LogP contribution in [0.5, 0.6) is 0 Å². The smallest absolute Gasteiger partial charge is 0.289 e. The number of carbonyl (C=O) groups excluding carboxylic acids is 1. The molecule has 0 fully saturated rings. The number of carbonyl (C=O) groups is 1. The SMILES string of the molecule is O=C(c1ccccc1)c1nnc(-c2ccc(Cl)cc2)o1. The minimum Gasteiger partial charge on any atom is -0.413 e. The van der Waals surface area contributed by atoms with E-state index in [1.165, 1.54) is 0 Å². The highest BCUT2D eigenvalue weighted by Gasteiger charge is 2.17. The van der Waals surface area contributed by atoms with E-state index in [1.54, 1.807) is 48.5 Å². The number of nitrogens with zero attached hydrogens (tertiary/aromatic N) is 2. The standard InChI is InChI=1S/C15H9ClN2O2/c16-12-8-6-11(7-9-12)14-17-18-15(20-14)13(19)10-4-2-1-3-5-10/h1-9H. The Hall–Kier alpha value is -2.46. The van der Waals surface area contributed by atoms with E-state index in [-0.39, 0.29) is 11.7 Å². The molecule has 0 atom stereocenters. The third-order valence-corrected chi connectivity index (χ3v) is 3.00. The molecule has 4 nitrogen and oxygen atoms in total. The van der Waals surface area contributed by atoms with Crippen LogP contribution in [0, 0.1) is 0 Å². The van der Waals surface area contributed by atoms with Gasteiger partial charge in [-0.3, -0.25) is 4.79 Å². The van der Waals surface area contributed by atoms with Gasteiger partial charge < -0.3 is 4.42 Å². The number of hydrogen-bond donors (Lipinski definition) is 0. The molecule has 3 rings (SSSR count). The van der Waals surface area contributed by atoms with Gasteiger partial charge in [0.05, 0.1) is 0 Å². The zero-order valence-electron chi connectivity index (χ0n) is 10.3. The van der Waals surface area contributed by atoms with Gasteiger partial charge in [-0.2, -0.15) is 0 Å². The van der Waals surface area contributed by atoms with Gasteiger partial charge in [0.1, 0.15) is 0 Å². The van der Waals surface area contributed by atoms with Crippen LogP contribution < -0.4 is 0 Å². The first-order valence-electron chi connectivity index (χ1n) is 5.93. The van der Waals surface area contributed by atoms with Crippen LogP contribution >= 0.6 is 11.6 Å². The van der Waals surface area contributed by atoms with E-state index in [4.69, 9.17) is 16.0 Å². The summed E-state index contributed by atoms with van der Waals surface area (Å²) in [6, 6.07) is 15.8. The number of hydrogen-bond acceptors (Lipinski definition) is 4. The highest BCUT2D eigenvalue weighted by atomic mass is 35.5. The number of halogens is 1. The molecule has 98 valence electrons. The summed E-state index contributed by atoms with van der Waals surface area (Å²) in [4.78, 5) is 12.1. The van der Waals surface area contributed by atoms with Crippen LogP contribution in [0.2, 0.25) is 5.02 Å². The average molecular weight is 285 g/mol. The van der Waals surface area contributed by atoms with Crippen LogP contribution in [0.1, 0.15) is 16.2 Å². The van der Waals surface area contributed by atoms with Crippen molar-refractivity contribution in [3.63, 3.8) is 0 Å². The maximum atomic E-state index is 12.1. The zero-order chi connectivity index (χ0) is 13.9. The Balaban J connectivity index is 1.91. The fraction of sp³-hybridized carbons (Fsp3) is 0. The topological polar surface area (TPSA) is 56.0 Å². The molecule has 0 bridgehead atoms. The molecule has 0 N–H and O–H groups in total. The molecule has 2 aromatic carbocycles. The Morgan fingerprint density at radius 3 is 2.35 bits per heavy atom. The lowest BCUT2D eigenvalue weighted by Gasteiger charge is -1.95. The van der Waals surface area contributed by atoms with E-state index in [9.17, 15) is 4.79 Å². The third-order valence-electron chi connectivity index (χ3n) is 2.75. The normalized spacial score (nSPS) is 10.4. The molecular formula is C15H9ClN2O2. The molecule has 0 aliphatic heterocycles. The molecule has 3 aromatic rings. The van der Waals surface area contributed by atoms with Crippen molar-refractivity contribution in [3.8, 4) is 11.5 Å². The quantitative estimate of drug-likeness (QED) is 0.689. The molecule has 0 amide bonds. The summed E-state index contributed by atoms with van der Waals surface area (Å²) in [7, 11) is 0. The first kappa shape index (κ1) is 12.6. The third kappa shape index (κ3) is 2.46. The van der Waals surface area contributed by atoms with Gasteiger partial charge in [-0.25, -0.2) is 0 Å². The van der Waals surface area contributed by atoms with Gasteiger partial charge in [0, 0.05) is 16.1 Å². The molecule has 5 heteroatoms. The van der Waals surface area contributed by atoms with Crippen LogP contribution in [0.3, 0.4) is 0 Å². The van der Waals surface area contributed by atoms with Crippen molar-refractivity contribution in [1.82, 2.24) is 10.2 Å². The lowest BCUT2D eigenvalue weighted by molar-refractivity contribution is 0.100. The van der Waals surface area contributed by atoms with Crippen LogP contribution in [0.4, 0.5) is 0 Å².